The second-order valence-corrected chi connectivity index (χ2v) is 7.17. The minimum absolute atomic E-state index is 0.583. The molecule has 1 aromatic heterocycles. The van der Waals surface area contributed by atoms with Crippen molar-refractivity contribution in [2.24, 2.45) is 0 Å². The molecule has 1 heterocycles. The molecule has 0 saturated carbocycles. The lowest BCUT2D eigenvalue weighted by Crippen LogP contribution is -1.86. The van der Waals surface area contributed by atoms with E-state index in [0.29, 0.717) is 5.92 Å². The Bertz CT molecular complexity index is 943. The molecule has 0 radical (unpaired) electrons. The van der Waals surface area contributed by atoms with E-state index in [4.69, 9.17) is 0 Å². The van der Waals surface area contributed by atoms with Crippen LogP contribution in [0.5, 0.6) is 0 Å². The zero-order chi connectivity index (χ0) is 15.1. The van der Waals surface area contributed by atoms with Gasteiger partial charge in [-0.15, -0.1) is 11.3 Å². The topological polar surface area (TPSA) is 0 Å². The molecule has 0 fully saturated rings. The summed E-state index contributed by atoms with van der Waals surface area (Å²) >= 11 is 1.88. The molecule has 1 heteroatoms. The Morgan fingerprint density at radius 1 is 0.682 bits per heavy atom. The van der Waals surface area contributed by atoms with Gasteiger partial charge in [-0.1, -0.05) is 68.4 Å². The Balaban J connectivity index is 1.83. The highest BCUT2D eigenvalue weighted by molar-refractivity contribution is 7.25. The van der Waals surface area contributed by atoms with Crippen LogP contribution in [-0.4, -0.2) is 0 Å². The van der Waals surface area contributed by atoms with E-state index >= 15 is 0 Å². The first-order chi connectivity index (χ1) is 10.7. The monoisotopic (exact) mass is 302 g/mol. The van der Waals surface area contributed by atoms with Crippen molar-refractivity contribution in [2.75, 3.05) is 0 Å². The lowest BCUT2D eigenvalue weighted by Gasteiger charge is -2.07. The molecule has 3 aromatic carbocycles. The summed E-state index contributed by atoms with van der Waals surface area (Å²) in [6, 6.07) is 24.5. The van der Waals surface area contributed by atoms with Gasteiger partial charge >= 0.3 is 0 Å². The maximum atomic E-state index is 2.32. The predicted octanol–water partition coefficient (Wildman–Crippen LogP) is 6.84. The summed E-state index contributed by atoms with van der Waals surface area (Å²) in [5.41, 5.74) is 3.99. The molecule has 0 bridgehead atoms. The summed E-state index contributed by atoms with van der Waals surface area (Å²) in [7, 11) is 0. The largest absolute Gasteiger partial charge is 0.135 e. The van der Waals surface area contributed by atoms with E-state index in [9.17, 15) is 0 Å². The molecule has 0 aliphatic heterocycles. The van der Waals surface area contributed by atoms with Crippen LogP contribution < -0.4 is 0 Å². The smallest absolute Gasteiger partial charge is 0.0361 e. The summed E-state index contributed by atoms with van der Waals surface area (Å²) in [6.07, 6.45) is 0. The second kappa shape index (κ2) is 5.26. The number of rotatable bonds is 2. The van der Waals surface area contributed by atoms with Crippen LogP contribution in [0.3, 0.4) is 0 Å². The van der Waals surface area contributed by atoms with Crippen LogP contribution in [-0.2, 0) is 0 Å². The standard InChI is InChI=1S/C21H18S/c1-14(2)15-7-9-16(10-8-15)17-11-12-19-18-5-3-4-6-20(18)22-21(19)13-17/h3-14H,1-2H3. The van der Waals surface area contributed by atoms with Crippen LogP contribution in [0.15, 0.2) is 66.7 Å². The number of hydrogen-bond acceptors (Lipinski definition) is 1. The summed E-state index contributed by atoms with van der Waals surface area (Å²) < 4.78 is 2.73. The number of benzene rings is 3. The Hall–Kier alpha value is -2.12. The van der Waals surface area contributed by atoms with Crippen molar-refractivity contribution in [1.82, 2.24) is 0 Å². The van der Waals surface area contributed by atoms with Crippen LogP contribution in [0.4, 0.5) is 0 Å². The van der Waals surface area contributed by atoms with Gasteiger partial charge < -0.3 is 0 Å². The maximum Gasteiger partial charge on any atom is 0.0361 e. The fourth-order valence-corrected chi connectivity index (χ4v) is 4.11. The first-order valence-electron chi connectivity index (χ1n) is 7.74. The molecule has 0 nitrogen and oxygen atoms in total. The van der Waals surface area contributed by atoms with Crippen molar-refractivity contribution in [3.8, 4) is 11.1 Å². The molecule has 0 N–H and O–H groups in total. The number of thiophene rings is 1. The first kappa shape index (κ1) is 13.5. The lowest BCUT2D eigenvalue weighted by atomic mass is 9.98. The first-order valence-corrected chi connectivity index (χ1v) is 8.55. The van der Waals surface area contributed by atoms with Crippen molar-refractivity contribution in [1.29, 1.82) is 0 Å². The summed E-state index contributed by atoms with van der Waals surface area (Å²) in [5.74, 6) is 0.583. The van der Waals surface area contributed by atoms with Crippen LogP contribution >= 0.6 is 11.3 Å². The molecular formula is C21H18S. The van der Waals surface area contributed by atoms with Crippen molar-refractivity contribution in [3.05, 3.63) is 72.3 Å². The molecule has 0 aliphatic rings. The highest BCUT2D eigenvalue weighted by Gasteiger charge is 2.06. The van der Waals surface area contributed by atoms with Gasteiger partial charge in [-0.25, -0.2) is 0 Å². The average molecular weight is 302 g/mol. The van der Waals surface area contributed by atoms with Crippen molar-refractivity contribution >= 4 is 31.5 Å². The van der Waals surface area contributed by atoms with E-state index in [2.05, 4.69) is 80.6 Å². The van der Waals surface area contributed by atoms with Gasteiger partial charge in [-0.3, -0.25) is 0 Å². The van der Waals surface area contributed by atoms with E-state index in [0.717, 1.165) is 0 Å². The van der Waals surface area contributed by atoms with Crippen molar-refractivity contribution < 1.29 is 0 Å². The lowest BCUT2D eigenvalue weighted by molar-refractivity contribution is 0.867. The van der Waals surface area contributed by atoms with Gasteiger partial charge in [0.25, 0.3) is 0 Å². The Morgan fingerprint density at radius 3 is 2.14 bits per heavy atom. The van der Waals surface area contributed by atoms with Gasteiger partial charge in [-0.2, -0.15) is 0 Å². The fourth-order valence-electron chi connectivity index (χ4n) is 2.97. The Labute approximate surface area is 135 Å². The highest BCUT2D eigenvalue weighted by atomic mass is 32.1. The molecule has 0 saturated heterocycles. The van der Waals surface area contributed by atoms with E-state index < -0.39 is 0 Å². The molecule has 0 aliphatic carbocycles. The fraction of sp³-hybridized carbons (Fsp3) is 0.143. The molecule has 0 amide bonds. The normalized spacial score (nSPS) is 11.6. The summed E-state index contributed by atoms with van der Waals surface area (Å²) in [4.78, 5) is 0. The molecular weight excluding hydrogens is 284 g/mol. The van der Waals surface area contributed by atoms with E-state index in [-0.39, 0.29) is 0 Å². The third-order valence-electron chi connectivity index (χ3n) is 4.29. The van der Waals surface area contributed by atoms with Crippen LogP contribution in [0.25, 0.3) is 31.3 Å². The zero-order valence-electron chi connectivity index (χ0n) is 12.8. The molecule has 108 valence electrons. The molecule has 22 heavy (non-hydrogen) atoms. The Kier molecular flexibility index (Phi) is 3.24. The number of fused-ring (bicyclic) bond motifs is 3. The quantitative estimate of drug-likeness (QED) is 0.380. The van der Waals surface area contributed by atoms with E-state index in [1.54, 1.807) is 0 Å². The van der Waals surface area contributed by atoms with Gasteiger partial charge in [0.05, 0.1) is 0 Å². The summed E-state index contributed by atoms with van der Waals surface area (Å²) in [6.45, 7) is 4.47. The molecule has 4 aromatic rings. The minimum atomic E-state index is 0.583. The van der Waals surface area contributed by atoms with E-state index in [1.807, 2.05) is 11.3 Å². The maximum absolute atomic E-state index is 2.32. The average Bonchev–Trinajstić information content (AvgIpc) is 2.92. The Morgan fingerprint density at radius 2 is 1.36 bits per heavy atom. The third-order valence-corrected chi connectivity index (χ3v) is 5.42. The van der Waals surface area contributed by atoms with E-state index in [1.165, 1.54) is 36.9 Å². The summed E-state index contributed by atoms with van der Waals surface area (Å²) in [5, 5.41) is 2.73. The van der Waals surface area contributed by atoms with Crippen molar-refractivity contribution in [3.63, 3.8) is 0 Å². The molecule has 0 atom stereocenters. The van der Waals surface area contributed by atoms with Gasteiger partial charge in [0.15, 0.2) is 0 Å². The molecule has 0 unspecified atom stereocenters. The SMILES string of the molecule is CC(C)c1ccc(-c2ccc3c(c2)sc2ccccc23)cc1. The van der Waals surface area contributed by atoms with Crippen LogP contribution in [0.1, 0.15) is 25.3 Å². The number of hydrogen-bond donors (Lipinski definition) is 0. The highest BCUT2D eigenvalue weighted by Crippen LogP contribution is 2.36. The van der Waals surface area contributed by atoms with Gasteiger partial charge in [0, 0.05) is 20.2 Å². The van der Waals surface area contributed by atoms with Gasteiger partial charge in [0.1, 0.15) is 0 Å². The predicted molar refractivity (Wildman–Crippen MR) is 98.9 cm³/mol. The zero-order valence-corrected chi connectivity index (χ0v) is 13.7. The van der Waals surface area contributed by atoms with Crippen LogP contribution in [0, 0.1) is 0 Å². The second-order valence-electron chi connectivity index (χ2n) is 6.09. The van der Waals surface area contributed by atoms with Gasteiger partial charge in [-0.05, 0) is 34.7 Å². The van der Waals surface area contributed by atoms with Crippen LogP contribution in [0.2, 0.25) is 0 Å². The van der Waals surface area contributed by atoms with Gasteiger partial charge in [0.2, 0.25) is 0 Å². The van der Waals surface area contributed by atoms with Crippen molar-refractivity contribution in [2.45, 2.75) is 19.8 Å². The molecule has 4 rings (SSSR count). The molecule has 0 spiro atoms. The minimum Gasteiger partial charge on any atom is -0.135 e. The third kappa shape index (κ3) is 2.22.